The Kier molecular flexibility index (Phi) is 6.14. The van der Waals surface area contributed by atoms with Crippen LogP contribution in [0.5, 0.6) is 11.5 Å². The van der Waals surface area contributed by atoms with Crippen LogP contribution in [0, 0.1) is 0 Å². The molecule has 7 nitrogen and oxygen atoms in total. The minimum absolute atomic E-state index is 0.332. The Morgan fingerprint density at radius 3 is 2.71 bits per heavy atom. The molecule has 0 amide bonds. The fourth-order valence-corrected chi connectivity index (χ4v) is 2.75. The molecule has 0 N–H and O–H groups in total. The molecule has 0 fully saturated rings. The lowest BCUT2D eigenvalue weighted by atomic mass is 10.2. The molecule has 24 heavy (non-hydrogen) atoms. The summed E-state index contributed by atoms with van der Waals surface area (Å²) in [5, 5.41) is 9.89. The van der Waals surface area contributed by atoms with Crippen molar-refractivity contribution in [3.8, 4) is 11.5 Å². The van der Waals surface area contributed by atoms with Crippen molar-refractivity contribution in [1.82, 2.24) is 4.57 Å². The highest BCUT2D eigenvalue weighted by molar-refractivity contribution is 7.07. The average Bonchev–Trinajstić information content (AvgIpc) is 2.96. The quantitative estimate of drug-likeness (QED) is 0.455. The maximum Gasteiger partial charge on any atom is 0.355 e. The van der Waals surface area contributed by atoms with Gasteiger partial charge in [0.15, 0.2) is 11.5 Å². The minimum atomic E-state index is -0.374. The maximum absolute atomic E-state index is 11.8. The zero-order valence-electron chi connectivity index (χ0n) is 14.0. The van der Waals surface area contributed by atoms with E-state index in [9.17, 15) is 4.79 Å². The number of carbonyl (C=O) groups excluding carboxylic acids is 1. The number of nitrogens with zero attached hydrogens (tertiary/aromatic N) is 3. The van der Waals surface area contributed by atoms with Crippen LogP contribution < -0.4 is 14.3 Å². The molecule has 0 bridgehead atoms. The molecular formula is C16H19N3O4S. The lowest BCUT2D eigenvalue weighted by molar-refractivity contribution is 0.0515. The molecular weight excluding hydrogens is 330 g/mol. The first-order valence-corrected chi connectivity index (χ1v) is 8.09. The second-order valence-corrected chi connectivity index (χ2v) is 5.48. The van der Waals surface area contributed by atoms with Gasteiger partial charge in [0.2, 0.25) is 4.80 Å². The average molecular weight is 349 g/mol. The predicted octanol–water partition coefficient (Wildman–Crippen LogP) is 2.22. The highest BCUT2D eigenvalue weighted by Crippen LogP contribution is 2.26. The van der Waals surface area contributed by atoms with Gasteiger partial charge in [-0.2, -0.15) is 5.10 Å². The summed E-state index contributed by atoms with van der Waals surface area (Å²) in [5.41, 5.74) is 1.27. The van der Waals surface area contributed by atoms with E-state index in [-0.39, 0.29) is 5.97 Å². The van der Waals surface area contributed by atoms with Gasteiger partial charge >= 0.3 is 5.97 Å². The molecule has 1 aromatic carbocycles. The SMILES string of the molecule is CCOC(=O)c1cs/c(=N\N=C/c2ccc(OC)c(OC)c2)n1C. The van der Waals surface area contributed by atoms with Crippen LogP contribution in [0.2, 0.25) is 0 Å². The zero-order valence-corrected chi connectivity index (χ0v) is 14.8. The number of esters is 1. The number of aromatic nitrogens is 1. The Balaban J connectivity index is 2.22. The number of ether oxygens (including phenoxy) is 3. The van der Waals surface area contributed by atoms with Gasteiger partial charge in [-0.25, -0.2) is 4.79 Å². The molecule has 1 aromatic heterocycles. The number of hydrogen-bond donors (Lipinski definition) is 0. The van der Waals surface area contributed by atoms with Gasteiger partial charge in [0.1, 0.15) is 5.69 Å². The molecule has 0 aliphatic rings. The van der Waals surface area contributed by atoms with Crippen LogP contribution >= 0.6 is 11.3 Å². The number of methoxy groups -OCH3 is 2. The topological polar surface area (TPSA) is 74.4 Å². The summed E-state index contributed by atoms with van der Waals surface area (Å²) in [4.78, 5) is 12.4. The van der Waals surface area contributed by atoms with E-state index in [2.05, 4.69) is 10.2 Å². The summed E-state index contributed by atoms with van der Waals surface area (Å²) >= 11 is 1.32. The Morgan fingerprint density at radius 1 is 1.29 bits per heavy atom. The summed E-state index contributed by atoms with van der Waals surface area (Å²) < 4.78 is 17.1. The van der Waals surface area contributed by atoms with E-state index >= 15 is 0 Å². The number of thiazole rings is 1. The number of benzene rings is 1. The summed E-state index contributed by atoms with van der Waals surface area (Å²) in [7, 11) is 4.90. The van der Waals surface area contributed by atoms with E-state index in [1.54, 1.807) is 56.5 Å². The zero-order chi connectivity index (χ0) is 17.5. The van der Waals surface area contributed by atoms with Crippen molar-refractivity contribution in [3.63, 3.8) is 0 Å². The third-order valence-corrected chi connectivity index (χ3v) is 4.07. The third-order valence-electron chi connectivity index (χ3n) is 3.17. The molecule has 0 aliphatic heterocycles. The molecule has 0 unspecified atom stereocenters. The first-order valence-electron chi connectivity index (χ1n) is 7.21. The number of hydrogen-bond acceptors (Lipinski definition) is 7. The van der Waals surface area contributed by atoms with Crippen molar-refractivity contribution >= 4 is 23.5 Å². The lowest BCUT2D eigenvalue weighted by Gasteiger charge is -2.07. The first-order chi connectivity index (χ1) is 11.6. The van der Waals surface area contributed by atoms with E-state index in [1.165, 1.54) is 11.3 Å². The van der Waals surface area contributed by atoms with Gasteiger partial charge in [0, 0.05) is 12.4 Å². The van der Waals surface area contributed by atoms with Crippen LogP contribution in [-0.4, -0.2) is 37.6 Å². The van der Waals surface area contributed by atoms with Crippen molar-refractivity contribution in [2.45, 2.75) is 6.92 Å². The highest BCUT2D eigenvalue weighted by Gasteiger charge is 2.11. The molecule has 128 valence electrons. The molecule has 2 rings (SSSR count). The Bertz CT molecular complexity index is 808. The van der Waals surface area contributed by atoms with E-state index in [0.717, 1.165) is 5.56 Å². The third kappa shape index (κ3) is 4.02. The molecule has 1 heterocycles. The summed E-state index contributed by atoms with van der Waals surface area (Å²) in [6.07, 6.45) is 1.60. The van der Waals surface area contributed by atoms with Crippen molar-refractivity contribution in [2.75, 3.05) is 20.8 Å². The highest BCUT2D eigenvalue weighted by atomic mass is 32.1. The van der Waals surface area contributed by atoms with Crippen LogP contribution in [-0.2, 0) is 11.8 Å². The Hall–Kier alpha value is -2.61. The molecule has 0 aliphatic carbocycles. The molecule has 0 radical (unpaired) electrons. The van der Waals surface area contributed by atoms with E-state index in [1.807, 2.05) is 6.07 Å². The fourth-order valence-electron chi connectivity index (χ4n) is 1.93. The molecule has 0 atom stereocenters. The summed E-state index contributed by atoms with van der Waals surface area (Å²) in [5.74, 6) is 0.893. The molecule has 0 spiro atoms. The van der Waals surface area contributed by atoms with Crippen LogP contribution in [0.4, 0.5) is 0 Å². The second kappa shape index (κ2) is 8.30. The Labute approximate surface area is 143 Å². The lowest BCUT2D eigenvalue weighted by Crippen LogP contribution is -2.17. The predicted molar refractivity (Wildman–Crippen MR) is 91.9 cm³/mol. The van der Waals surface area contributed by atoms with Crippen molar-refractivity contribution in [3.05, 3.63) is 39.6 Å². The minimum Gasteiger partial charge on any atom is -0.493 e. The van der Waals surface area contributed by atoms with Gasteiger partial charge in [-0.1, -0.05) is 0 Å². The molecule has 8 heteroatoms. The molecule has 0 saturated heterocycles. The van der Waals surface area contributed by atoms with Crippen molar-refractivity contribution in [1.29, 1.82) is 0 Å². The van der Waals surface area contributed by atoms with Gasteiger partial charge in [0.25, 0.3) is 0 Å². The van der Waals surface area contributed by atoms with Gasteiger partial charge in [-0.3, -0.25) is 0 Å². The summed E-state index contributed by atoms with van der Waals surface area (Å²) in [6.45, 7) is 2.10. The van der Waals surface area contributed by atoms with Gasteiger partial charge in [0.05, 0.1) is 27.0 Å². The number of carbonyl (C=O) groups is 1. The first kappa shape index (κ1) is 17.7. The largest absolute Gasteiger partial charge is 0.493 e. The smallest absolute Gasteiger partial charge is 0.355 e. The van der Waals surface area contributed by atoms with E-state index in [0.29, 0.717) is 28.6 Å². The second-order valence-electron chi connectivity index (χ2n) is 4.64. The van der Waals surface area contributed by atoms with Gasteiger partial charge < -0.3 is 18.8 Å². The maximum atomic E-state index is 11.8. The Morgan fingerprint density at radius 2 is 2.04 bits per heavy atom. The van der Waals surface area contributed by atoms with Crippen LogP contribution in [0.15, 0.2) is 33.8 Å². The van der Waals surface area contributed by atoms with Crippen LogP contribution in [0.3, 0.4) is 0 Å². The molecule has 2 aromatic rings. The number of rotatable bonds is 6. The standard InChI is InChI=1S/C16H19N3O4S/c1-5-23-15(20)12-10-24-16(19(12)2)18-17-9-11-6-7-13(21-3)14(8-11)22-4/h6-10H,5H2,1-4H3/b17-9-,18-16-. The van der Waals surface area contributed by atoms with Crippen LogP contribution in [0.25, 0.3) is 0 Å². The normalized spacial score (nSPS) is 11.8. The van der Waals surface area contributed by atoms with Crippen LogP contribution in [0.1, 0.15) is 23.0 Å². The van der Waals surface area contributed by atoms with Crippen molar-refractivity contribution < 1.29 is 19.0 Å². The van der Waals surface area contributed by atoms with Crippen molar-refractivity contribution in [2.24, 2.45) is 17.3 Å². The molecule has 0 saturated carbocycles. The van der Waals surface area contributed by atoms with E-state index < -0.39 is 0 Å². The monoisotopic (exact) mass is 349 g/mol. The van der Waals surface area contributed by atoms with Gasteiger partial charge in [-0.05, 0) is 30.7 Å². The summed E-state index contributed by atoms with van der Waals surface area (Å²) in [6, 6.07) is 5.44. The fraction of sp³-hybridized carbons (Fsp3) is 0.312. The van der Waals surface area contributed by atoms with E-state index in [4.69, 9.17) is 14.2 Å². The van der Waals surface area contributed by atoms with Gasteiger partial charge in [-0.15, -0.1) is 16.4 Å².